The smallest absolute Gasteiger partial charge is 0.306 e. The molecule has 0 spiro atoms. The highest BCUT2D eigenvalue weighted by atomic mass is 16.5. The fourth-order valence-corrected chi connectivity index (χ4v) is 7.64. The van der Waals surface area contributed by atoms with Crippen molar-refractivity contribution in [3.8, 4) is 0 Å². The minimum absolute atomic E-state index is 0.0241. The molecule has 6 nitrogen and oxygen atoms in total. The van der Waals surface area contributed by atoms with E-state index in [4.69, 9.17) is 9.47 Å². The van der Waals surface area contributed by atoms with Gasteiger partial charge in [0.25, 0.3) is 0 Å². The summed E-state index contributed by atoms with van der Waals surface area (Å²) >= 11 is 0. The summed E-state index contributed by atoms with van der Waals surface area (Å²) in [7, 11) is 0. The molecule has 0 amide bonds. The average Bonchev–Trinajstić information content (AvgIpc) is 3.89. The molecule has 0 aromatic carbocycles. The number of nitrogens with zero attached hydrogens (tertiary/aromatic N) is 1. The zero-order valence-electron chi connectivity index (χ0n) is 34.5. The minimum Gasteiger partial charge on any atom is -0.466 e. The van der Waals surface area contributed by atoms with Crippen molar-refractivity contribution in [3.63, 3.8) is 0 Å². The van der Waals surface area contributed by atoms with E-state index in [0.717, 1.165) is 58.2 Å². The lowest BCUT2D eigenvalue weighted by Gasteiger charge is -2.22. The van der Waals surface area contributed by atoms with Crippen LogP contribution in [0.1, 0.15) is 226 Å². The summed E-state index contributed by atoms with van der Waals surface area (Å²) in [6, 6.07) is 0. The summed E-state index contributed by atoms with van der Waals surface area (Å²) in [5.41, 5.74) is 0.220. The Morgan fingerprint density at radius 1 is 0.549 bits per heavy atom. The van der Waals surface area contributed by atoms with Gasteiger partial charge in [-0.3, -0.25) is 9.59 Å². The Labute approximate surface area is 317 Å². The van der Waals surface area contributed by atoms with Crippen molar-refractivity contribution in [2.75, 3.05) is 39.5 Å². The first-order chi connectivity index (χ1) is 25.0. The predicted molar refractivity (Wildman–Crippen MR) is 216 cm³/mol. The Morgan fingerprint density at radius 3 is 1.63 bits per heavy atom. The van der Waals surface area contributed by atoms with Crippen molar-refractivity contribution in [1.82, 2.24) is 4.90 Å². The Bertz CT molecular complexity index is 773. The molecular formula is C45H87NO5. The molecule has 0 aliphatic heterocycles. The molecule has 6 heteroatoms. The average molecular weight is 722 g/mol. The van der Waals surface area contributed by atoms with Gasteiger partial charge < -0.3 is 19.5 Å². The number of hydrogen-bond donors (Lipinski definition) is 1. The number of carbonyl (C=O) groups is 2. The molecule has 0 unspecified atom stereocenters. The van der Waals surface area contributed by atoms with Crippen LogP contribution in [-0.2, 0) is 19.1 Å². The molecule has 1 fully saturated rings. The largest absolute Gasteiger partial charge is 0.466 e. The van der Waals surface area contributed by atoms with E-state index in [0.29, 0.717) is 32.0 Å². The third-order valence-electron chi connectivity index (χ3n) is 11.4. The minimum atomic E-state index is -0.0241. The molecule has 1 aliphatic carbocycles. The summed E-state index contributed by atoms with van der Waals surface area (Å²) < 4.78 is 11.3. The first-order valence-corrected chi connectivity index (χ1v) is 22.6. The van der Waals surface area contributed by atoms with Gasteiger partial charge in [-0.05, 0) is 82.2 Å². The molecule has 0 aromatic heterocycles. The SMILES string of the molecule is CCCCCCCCCOC(=O)CCCCCCCN(CCCO)CCCCCC1(CC(=O)OCCC(CCCCCC)CCCCCC)CC1. The van der Waals surface area contributed by atoms with Crippen LogP contribution >= 0.6 is 0 Å². The highest BCUT2D eigenvalue weighted by molar-refractivity contribution is 5.70. The van der Waals surface area contributed by atoms with E-state index in [1.54, 1.807) is 0 Å². The molecule has 1 aliphatic rings. The number of carbonyl (C=O) groups excluding carboxylic acids is 2. The van der Waals surface area contributed by atoms with Crippen LogP contribution in [0, 0.1) is 11.3 Å². The number of rotatable bonds is 40. The summed E-state index contributed by atoms with van der Waals surface area (Å²) in [6.07, 6.45) is 37.6. The van der Waals surface area contributed by atoms with E-state index in [9.17, 15) is 14.7 Å². The zero-order valence-corrected chi connectivity index (χ0v) is 34.5. The maximum Gasteiger partial charge on any atom is 0.306 e. The number of esters is 2. The molecule has 0 atom stereocenters. The summed E-state index contributed by atoms with van der Waals surface area (Å²) in [5.74, 6) is 0.728. The number of aliphatic hydroxyl groups is 1. The Balaban J connectivity index is 2.14. The van der Waals surface area contributed by atoms with E-state index >= 15 is 0 Å². The number of aliphatic hydroxyl groups excluding tert-OH is 1. The van der Waals surface area contributed by atoms with Crippen molar-refractivity contribution < 1.29 is 24.2 Å². The van der Waals surface area contributed by atoms with E-state index in [1.807, 2.05) is 0 Å². The van der Waals surface area contributed by atoms with E-state index in [1.165, 1.54) is 154 Å². The quantitative estimate of drug-likeness (QED) is 0.0501. The Morgan fingerprint density at radius 2 is 1.04 bits per heavy atom. The highest BCUT2D eigenvalue weighted by Gasteiger charge is 2.43. The van der Waals surface area contributed by atoms with Crippen molar-refractivity contribution >= 4 is 11.9 Å². The Kier molecular flexibility index (Phi) is 32.5. The fourth-order valence-electron chi connectivity index (χ4n) is 7.64. The van der Waals surface area contributed by atoms with Gasteiger partial charge in [-0.2, -0.15) is 0 Å². The van der Waals surface area contributed by atoms with E-state index in [2.05, 4.69) is 25.7 Å². The summed E-state index contributed by atoms with van der Waals surface area (Å²) in [4.78, 5) is 27.3. The second-order valence-electron chi connectivity index (χ2n) is 16.3. The highest BCUT2D eigenvalue weighted by Crippen LogP contribution is 2.53. The number of ether oxygens (including phenoxy) is 2. The normalized spacial score (nSPS) is 13.7. The van der Waals surface area contributed by atoms with Gasteiger partial charge in [0.2, 0.25) is 0 Å². The molecule has 0 heterocycles. The van der Waals surface area contributed by atoms with Crippen LogP contribution in [0.4, 0.5) is 0 Å². The molecule has 1 saturated carbocycles. The maximum absolute atomic E-state index is 12.8. The molecule has 51 heavy (non-hydrogen) atoms. The molecule has 1 N–H and O–H groups in total. The standard InChI is InChI=1S/C45H87NO5/c1-4-7-10-13-14-18-26-39-50-43(48)30-22-16-15-17-24-35-46(37-27-38-47)36-25-19-23-32-45(33-34-45)41-44(49)51-40-31-42(28-20-11-8-5-2)29-21-12-9-6-3/h42,47H,4-41H2,1-3H3. The van der Waals surface area contributed by atoms with Crippen LogP contribution < -0.4 is 0 Å². The lowest BCUT2D eigenvalue weighted by molar-refractivity contribution is -0.146. The second-order valence-corrected chi connectivity index (χ2v) is 16.3. The first kappa shape index (κ1) is 47.9. The third-order valence-corrected chi connectivity index (χ3v) is 11.4. The van der Waals surface area contributed by atoms with Gasteiger partial charge in [-0.15, -0.1) is 0 Å². The fraction of sp³-hybridized carbons (Fsp3) is 0.956. The van der Waals surface area contributed by atoms with Crippen molar-refractivity contribution in [2.45, 2.75) is 226 Å². The van der Waals surface area contributed by atoms with Crippen molar-refractivity contribution in [3.05, 3.63) is 0 Å². The lowest BCUT2D eigenvalue weighted by atomic mass is 9.92. The van der Waals surface area contributed by atoms with Crippen LogP contribution in [0.15, 0.2) is 0 Å². The molecular weight excluding hydrogens is 634 g/mol. The predicted octanol–water partition coefficient (Wildman–Crippen LogP) is 12.5. The van der Waals surface area contributed by atoms with E-state index < -0.39 is 0 Å². The number of hydrogen-bond acceptors (Lipinski definition) is 6. The first-order valence-electron chi connectivity index (χ1n) is 22.6. The molecule has 0 bridgehead atoms. The Hall–Kier alpha value is -1.14. The van der Waals surface area contributed by atoms with Crippen molar-refractivity contribution in [2.24, 2.45) is 11.3 Å². The third kappa shape index (κ3) is 29.9. The van der Waals surface area contributed by atoms with Crippen LogP contribution in [0.3, 0.4) is 0 Å². The van der Waals surface area contributed by atoms with Crippen LogP contribution in [0.2, 0.25) is 0 Å². The molecule has 1 rings (SSSR count). The van der Waals surface area contributed by atoms with Gasteiger partial charge >= 0.3 is 11.9 Å². The lowest BCUT2D eigenvalue weighted by Crippen LogP contribution is -2.28. The van der Waals surface area contributed by atoms with Gasteiger partial charge in [0.05, 0.1) is 19.6 Å². The van der Waals surface area contributed by atoms with Crippen LogP contribution in [0.5, 0.6) is 0 Å². The molecule has 0 aromatic rings. The monoisotopic (exact) mass is 722 g/mol. The topological polar surface area (TPSA) is 76.1 Å². The second kappa shape index (κ2) is 34.6. The maximum atomic E-state index is 12.8. The van der Waals surface area contributed by atoms with Crippen LogP contribution in [-0.4, -0.2) is 61.4 Å². The summed E-state index contributed by atoms with van der Waals surface area (Å²) in [6.45, 7) is 11.4. The molecule has 302 valence electrons. The number of unbranched alkanes of at least 4 members (excludes halogenated alkanes) is 18. The van der Waals surface area contributed by atoms with Crippen molar-refractivity contribution in [1.29, 1.82) is 0 Å². The molecule has 0 saturated heterocycles. The molecule has 0 radical (unpaired) electrons. The van der Waals surface area contributed by atoms with Crippen LogP contribution in [0.25, 0.3) is 0 Å². The zero-order chi connectivity index (χ0) is 37.1. The summed E-state index contributed by atoms with van der Waals surface area (Å²) in [5, 5.41) is 9.41. The van der Waals surface area contributed by atoms with Gasteiger partial charge in [-0.25, -0.2) is 0 Å². The van der Waals surface area contributed by atoms with Gasteiger partial charge in [-0.1, -0.05) is 156 Å². The van der Waals surface area contributed by atoms with E-state index in [-0.39, 0.29) is 24.0 Å². The van der Waals surface area contributed by atoms with Gasteiger partial charge in [0.1, 0.15) is 0 Å². The van der Waals surface area contributed by atoms with Gasteiger partial charge in [0, 0.05) is 19.6 Å². The van der Waals surface area contributed by atoms with Gasteiger partial charge in [0.15, 0.2) is 0 Å².